The van der Waals surface area contributed by atoms with E-state index in [4.69, 9.17) is 11.6 Å². The van der Waals surface area contributed by atoms with E-state index >= 15 is 0 Å². The van der Waals surface area contributed by atoms with Gasteiger partial charge in [0, 0.05) is 10.8 Å². The van der Waals surface area contributed by atoms with Gasteiger partial charge in [-0.1, -0.05) is 29.8 Å². The quantitative estimate of drug-likeness (QED) is 0.578. The molecule has 0 atom stereocenters. The molecule has 2 heteroatoms. The number of hydrogen-bond donors (Lipinski definition) is 0. The standard InChI is InChI=1S/C11H13ClS/c1-9-5-7-13-6-3-4-11(12)8-10(9)2/h3-4,6,8H,1,5,7H2,2H3/b6-3+,10-8+,11-4+. The van der Waals surface area contributed by atoms with Gasteiger partial charge in [0.05, 0.1) is 0 Å². The summed E-state index contributed by atoms with van der Waals surface area (Å²) in [5, 5.41) is 2.82. The summed E-state index contributed by atoms with van der Waals surface area (Å²) in [6, 6.07) is 0. The molecule has 0 nitrogen and oxygen atoms in total. The lowest BCUT2D eigenvalue weighted by atomic mass is 10.1. The molecule has 0 aliphatic carbocycles. The summed E-state index contributed by atoms with van der Waals surface area (Å²) in [6.07, 6.45) is 6.87. The van der Waals surface area contributed by atoms with Crippen LogP contribution in [0.2, 0.25) is 0 Å². The summed E-state index contributed by atoms with van der Waals surface area (Å²) >= 11 is 7.75. The Bertz CT molecular complexity index is 284. The molecule has 0 radical (unpaired) electrons. The molecule has 0 amide bonds. The van der Waals surface area contributed by atoms with E-state index in [0.29, 0.717) is 0 Å². The molecule has 0 saturated carbocycles. The van der Waals surface area contributed by atoms with Gasteiger partial charge in [-0.3, -0.25) is 0 Å². The molecule has 1 heterocycles. The first-order valence-corrected chi connectivity index (χ1v) is 5.63. The Hall–Kier alpha value is -0.400. The molecule has 0 unspecified atom stereocenters. The monoisotopic (exact) mass is 212 g/mol. The van der Waals surface area contributed by atoms with Gasteiger partial charge in [0.15, 0.2) is 0 Å². The third-order valence-electron chi connectivity index (χ3n) is 1.86. The van der Waals surface area contributed by atoms with E-state index < -0.39 is 0 Å². The highest BCUT2D eigenvalue weighted by Gasteiger charge is 1.98. The topological polar surface area (TPSA) is 0 Å². The van der Waals surface area contributed by atoms with Crippen LogP contribution >= 0.6 is 23.4 Å². The van der Waals surface area contributed by atoms with Crippen molar-refractivity contribution in [3.63, 3.8) is 0 Å². The van der Waals surface area contributed by atoms with Crippen LogP contribution in [-0.2, 0) is 0 Å². The highest BCUT2D eigenvalue weighted by atomic mass is 35.5. The van der Waals surface area contributed by atoms with E-state index in [1.807, 2.05) is 18.2 Å². The molecular weight excluding hydrogens is 200 g/mol. The molecule has 0 saturated heterocycles. The summed E-state index contributed by atoms with van der Waals surface area (Å²) < 4.78 is 0. The zero-order valence-electron chi connectivity index (χ0n) is 7.72. The molecule has 0 fully saturated rings. The molecule has 0 aromatic heterocycles. The van der Waals surface area contributed by atoms with Crippen LogP contribution in [0.15, 0.2) is 46.4 Å². The Labute approximate surface area is 89.1 Å². The molecular formula is C11H13ClS. The predicted molar refractivity (Wildman–Crippen MR) is 63.0 cm³/mol. The SMILES string of the molecule is C=C1CCS/C=C/C=C(Cl)\C=C\1C. The van der Waals surface area contributed by atoms with Gasteiger partial charge in [-0.15, -0.1) is 11.8 Å². The largest absolute Gasteiger partial charge is 0.134 e. The molecule has 0 aromatic rings. The lowest BCUT2D eigenvalue weighted by Crippen LogP contribution is -1.87. The normalized spacial score (nSPS) is 29.8. The molecule has 0 N–H and O–H groups in total. The van der Waals surface area contributed by atoms with Crippen LogP contribution in [0.4, 0.5) is 0 Å². The molecule has 13 heavy (non-hydrogen) atoms. The minimum Gasteiger partial charge on any atom is -0.134 e. The van der Waals surface area contributed by atoms with Crippen molar-refractivity contribution in [3.8, 4) is 0 Å². The van der Waals surface area contributed by atoms with Crippen LogP contribution in [0, 0.1) is 0 Å². The number of allylic oxidation sites excluding steroid dienone is 6. The van der Waals surface area contributed by atoms with E-state index in [1.165, 1.54) is 11.1 Å². The Morgan fingerprint density at radius 1 is 1.54 bits per heavy atom. The van der Waals surface area contributed by atoms with E-state index in [9.17, 15) is 0 Å². The summed E-state index contributed by atoms with van der Waals surface area (Å²) in [4.78, 5) is 0. The van der Waals surface area contributed by atoms with Gasteiger partial charge in [-0.25, -0.2) is 0 Å². The summed E-state index contributed by atoms with van der Waals surface area (Å²) in [7, 11) is 0. The van der Waals surface area contributed by atoms with Crippen molar-refractivity contribution in [1.82, 2.24) is 0 Å². The molecule has 0 spiro atoms. The first-order valence-electron chi connectivity index (χ1n) is 4.20. The van der Waals surface area contributed by atoms with E-state index in [2.05, 4.69) is 18.9 Å². The van der Waals surface area contributed by atoms with Crippen LogP contribution in [-0.4, -0.2) is 5.75 Å². The van der Waals surface area contributed by atoms with Crippen molar-refractivity contribution in [2.24, 2.45) is 0 Å². The third kappa shape index (κ3) is 3.88. The second-order valence-electron chi connectivity index (χ2n) is 2.93. The maximum absolute atomic E-state index is 5.96. The van der Waals surface area contributed by atoms with E-state index in [-0.39, 0.29) is 0 Å². The summed E-state index contributed by atoms with van der Waals surface area (Å²) in [5.41, 5.74) is 2.35. The molecule has 1 aliphatic heterocycles. The molecule has 0 aromatic carbocycles. The average Bonchev–Trinajstić information content (AvgIpc) is 2.09. The number of thioether (sulfide) groups is 1. The first-order chi connectivity index (χ1) is 6.20. The van der Waals surface area contributed by atoms with Gasteiger partial charge in [0.2, 0.25) is 0 Å². The van der Waals surface area contributed by atoms with Gasteiger partial charge in [0.1, 0.15) is 0 Å². The third-order valence-corrected chi connectivity index (χ3v) is 2.89. The lowest BCUT2D eigenvalue weighted by Gasteiger charge is -2.05. The van der Waals surface area contributed by atoms with Crippen LogP contribution in [0.5, 0.6) is 0 Å². The van der Waals surface area contributed by atoms with Crippen molar-refractivity contribution in [3.05, 3.63) is 46.4 Å². The summed E-state index contributed by atoms with van der Waals surface area (Å²) in [5.74, 6) is 1.09. The fraction of sp³-hybridized carbons (Fsp3) is 0.273. The Kier molecular flexibility index (Phi) is 4.40. The van der Waals surface area contributed by atoms with Crippen LogP contribution < -0.4 is 0 Å². The minimum atomic E-state index is 0.761. The van der Waals surface area contributed by atoms with E-state index in [0.717, 1.165) is 17.2 Å². The van der Waals surface area contributed by atoms with Gasteiger partial charge >= 0.3 is 0 Å². The van der Waals surface area contributed by atoms with Crippen molar-refractivity contribution in [2.45, 2.75) is 13.3 Å². The Morgan fingerprint density at radius 2 is 2.31 bits per heavy atom. The fourth-order valence-electron chi connectivity index (χ4n) is 0.991. The fourth-order valence-corrected chi connectivity index (χ4v) is 1.92. The summed E-state index contributed by atoms with van der Waals surface area (Å²) in [6.45, 7) is 6.06. The number of hydrogen-bond acceptors (Lipinski definition) is 1. The van der Waals surface area contributed by atoms with Gasteiger partial charge in [0.25, 0.3) is 0 Å². The maximum atomic E-state index is 5.96. The van der Waals surface area contributed by atoms with Gasteiger partial charge in [-0.2, -0.15) is 0 Å². The number of rotatable bonds is 0. The van der Waals surface area contributed by atoms with Crippen molar-refractivity contribution in [2.75, 3.05) is 5.75 Å². The molecule has 1 rings (SSSR count). The number of halogens is 1. The van der Waals surface area contributed by atoms with E-state index in [1.54, 1.807) is 11.8 Å². The molecule has 70 valence electrons. The zero-order valence-corrected chi connectivity index (χ0v) is 9.29. The average molecular weight is 213 g/mol. The predicted octanol–water partition coefficient (Wildman–Crippen LogP) is 4.26. The van der Waals surface area contributed by atoms with Crippen LogP contribution in [0.25, 0.3) is 0 Å². The van der Waals surface area contributed by atoms with Gasteiger partial charge in [-0.05, 0) is 36.5 Å². The van der Waals surface area contributed by atoms with Crippen LogP contribution in [0.1, 0.15) is 13.3 Å². The second kappa shape index (κ2) is 5.36. The lowest BCUT2D eigenvalue weighted by molar-refractivity contribution is 1.13. The first kappa shape index (κ1) is 10.7. The molecule has 1 aliphatic rings. The molecule has 0 bridgehead atoms. The Morgan fingerprint density at radius 3 is 3.08 bits per heavy atom. The second-order valence-corrected chi connectivity index (χ2v) is 4.38. The zero-order chi connectivity index (χ0) is 9.68. The smallest absolute Gasteiger partial charge is 0.0408 e. The Balaban J connectivity index is 2.86. The highest BCUT2D eigenvalue weighted by molar-refractivity contribution is 8.02. The van der Waals surface area contributed by atoms with Crippen molar-refractivity contribution >= 4 is 23.4 Å². The van der Waals surface area contributed by atoms with Crippen molar-refractivity contribution in [1.29, 1.82) is 0 Å². The highest BCUT2D eigenvalue weighted by Crippen LogP contribution is 2.20. The van der Waals surface area contributed by atoms with Gasteiger partial charge < -0.3 is 0 Å². The minimum absolute atomic E-state index is 0.761. The van der Waals surface area contributed by atoms with Crippen molar-refractivity contribution < 1.29 is 0 Å². The van der Waals surface area contributed by atoms with Crippen LogP contribution in [0.3, 0.4) is 0 Å². The maximum Gasteiger partial charge on any atom is 0.0408 e.